The fraction of sp³-hybridized carbons (Fsp3) is 1.00. The first-order chi connectivity index (χ1) is 9.41. The molecule has 1 saturated heterocycles. The van der Waals surface area contributed by atoms with E-state index in [1.807, 2.05) is 7.05 Å². The molecule has 1 saturated carbocycles. The van der Waals surface area contributed by atoms with Gasteiger partial charge in [-0.05, 0) is 59.5 Å². The highest BCUT2D eigenvalue weighted by molar-refractivity contribution is 4.98. The van der Waals surface area contributed by atoms with Crippen molar-refractivity contribution in [3.8, 4) is 0 Å². The van der Waals surface area contributed by atoms with Crippen LogP contribution in [0.15, 0.2) is 0 Å². The topological polar surface area (TPSA) is 44.7 Å². The Morgan fingerprint density at radius 1 is 1.40 bits per heavy atom. The minimum Gasteiger partial charge on any atom is -0.394 e. The zero-order valence-electron chi connectivity index (χ0n) is 13.6. The third-order valence-corrected chi connectivity index (χ3v) is 5.17. The number of ether oxygens (including phenoxy) is 1. The molecule has 2 rings (SSSR count). The van der Waals surface area contributed by atoms with Crippen molar-refractivity contribution in [1.82, 2.24) is 10.2 Å². The predicted molar refractivity (Wildman–Crippen MR) is 81.9 cm³/mol. The molecule has 118 valence electrons. The van der Waals surface area contributed by atoms with Crippen molar-refractivity contribution in [3.63, 3.8) is 0 Å². The molecular formula is C16H32N2O2. The number of aliphatic hydroxyl groups excluding tert-OH is 1. The number of rotatable bonds is 5. The predicted octanol–water partition coefficient (Wildman–Crippen LogP) is 1.63. The van der Waals surface area contributed by atoms with Crippen LogP contribution in [0.4, 0.5) is 0 Å². The molecule has 1 aliphatic heterocycles. The summed E-state index contributed by atoms with van der Waals surface area (Å²) in [6.07, 6.45) is 5.07. The molecule has 1 aliphatic carbocycles. The van der Waals surface area contributed by atoms with Gasteiger partial charge < -0.3 is 15.2 Å². The number of nitrogens with zero attached hydrogens (tertiary/aromatic N) is 1. The molecule has 2 aliphatic rings. The largest absolute Gasteiger partial charge is 0.394 e. The summed E-state index contributed by atoms with van der Waals surface area (Å²) in [5.41, 5.74) is -0.0716. The number of aliphatic hydroxyl groups is 1. The summed E-state index contributed by atoms with van der Waals surface area (Å²) >= 11 is 0. The van der Waals surface area contributed by atoms with Crippen LogP contribution in [0.3, 0.4) is 0 Å². The van der Waals surface area contributed by atoms with Crippen molar-refractivity contribution >= 4 is 0 Å². The van der Waals surface area contributed by atoms with Gasteiger partial charge in [-0.15, -0.1) is 0 Å². The van der Waals surface area contributed by atoms with Crippen molar-refractivity contribution in [2.24, 2.45) is 5.92 Å². The third-order valence-electron chi connectivity index (χ3n) is 5.17. The molecule has 0 aromatic carbocycles. The van der Waals surface area contributed by atoms with Crippen LogP contribution in [0.2, 0.25) is 0 Å². The highest BCUT2D eigenvalue weighted by atomic mass is 16.5. The van der Waals surface area contributed by atoms with Crippen LogP contribution >= 0.6 is 0 Å². The maximum atomic E-state index is 9.75. The Labute approximate surface area is 123 Å². The summed E-state index contributed by atoms with van der Waals surface area (Å²) in [5.74, 6) is 0.596. The fourth-order valence-electron chi connectivity index (χ4n) is 4.28. The summed E-state index contributed by atoms with van der Waals surface area (Å²) < 4.78 is 5.96. The van der Waals surface area contributed by atoms with E-state index in [9.17, 15) is 5.11 Å². The molecule has 0 amide bonds. The molecule has 3 atom stereocenters. The normalized spacial score (nSPS) is 38.2. The maximum Gasteiger partial charge on any atom is 0.0757 e. The Hall–Kier alpha value is -0.160. The fourth-order valence-corrected chi connectivity index (χ4v) is 4.28. The van der Waals surface area contributed by atoms with Gasteiger partial charge in [0.05, 0.1) is 18.3 Å². The molecule has 20 heavy (non-hydrogen) atoms. The minimum atomic E-state index is -0.0373. The van der Waals surface area contributed by atoms with Crippen molar-refractivity contribution < 1.29 is 9.84 Å². The number of morpholine rings is 1. The first-order valence-electron chi connectivity index (χ1n) is 8.11. The zero-order chi connectivity index (χ0) is 14.8. The van der Waals surface area contributed by atoms with Gasteiger partial charge in [0.25, 0.3) is 0 Å². The van der Waals surface area contributed by atoms with E-state index < -0.39 is 0 Å². The minimum absolute atomic E-state index is 0.0343. The molecule has 0 bridgehead atoms. The third kappa shape index (κ3) is 3.53. The summed E-state index contributed by atoms with van der Waals surface area (Å²) in [5, 5.41) is 13.1. The van der Waals surface area contributed by atoms with Crippen molar-refractivity contribution in [1.29, 1.82) is 0 Å². The van der Waals surface area contributed by atoms with Crippen molar-refractivity contribution in [3.05, 3.63) is 0 Å². The summed E-state index contributed by atoms with van der Waals surface area (Å²) in [6.45, 7) is 9.94. The molecule has 4 nitrogen and oxygen atoms in total. The lowest BCUT2D eigenvalue weighted by atomic mass is 9.85. The SMILES string of the molecule is CNC1(CO)CCCC1CCN1CC(C)OC(C)(C)C1. The Bertz CT molecular complexity index is 316. The maximum absolute atomic E-state index is 9.75. The lowest BCUT2D eigenvalue weighted by Gasteiger charge is -2.43. The van der Waals surface area contributed by atoms with Crippen molar-refractivity contribution in [2.75, 3.05) is 33.3 Å². The van der Waals surface area contributed by atoms with Crippen LogP contribution in [0.5, 0.6) is 0 Å². The van der Waals surface area contributed by atoms with E-state index in [1.54, 1.807) is 0 Å². The van der Waals surface area contributed by atoms with E-state index in [-0.39, 0.29) is 17.7 Å². The van der Waals surface area contributed by atoms with Crippen LogP contribution in [0.25, 0.3) is 0 Å². The highest BCUT2D eigenvalue weighted by Crippen LogP contribution is 2.37. The van der Waals surface area contributed by atoms with E-state index in [2.05, 4.69) is 31.0 Å². The summed E-state index contributed by atoms with van der Waals surface area (Å²) in [6, 6.07) is 0. The first-order valence-corrected chi connectivity index (χ1v) is 8.11. The van der Waals surface area contributed by atoms with E-state index in [0.717, 1.165) is 26.1 Å². The Balaban J connectivity index is 1.88. The van der Waals surface area contributed by atoms with E-state index in [0.29, 0.717) is 12.0 Å². The van der Waals surface area contributed by atoms with Gasteiger partial charge in [0.15, 0.2) is 0 Å². The van der Waals surface area contributed by atoms with Crippen LogP contribution in [-0.2, 0) is 4.74 Å². The molecule has 0 radical (unpaired) electrons. The second-order valence-electron chi connectivity index (χ2n) is 7.37. The molecule has 0 aromatic rings. The quantitative estimate of drug-likeness (QED) is 0.805. The second-order valence-corrected chi connectivity index (χ2v) is 7.37. The van der Waals surface area contributed by atoms with Gasteiger partial charge in [-0.3, -0.25) is 4.90 Å². The summed E-state index contributed by atoms with van der Waals surface area (Å²) in [4.78, 5) is 2.53. The molecule has 1 heterocycles. The van der Waals surface area contributed by atoms with Gasteiger partial charge in [0.1, 0.15) is 0 Å². The Morgan fingerprint density at radius 2 is 2.15 bits per heavy atom. The number of nitrogens with one attached hydrogen (secondary N) is 1. The monoisotopic (exact) mass is 284 g/mol. The molecule has 3 unspecified atom stereocenters. The van der Waals surface area contributed by atoms with Gasteiger partial charge in [-0.1, -0.05) is 6.42 Å². The van der Waals surface area contributed by atoms with E-state index in [1.165, 1.54) is 19.3 Å². The zero-order valence-corrected chi connectivity index (χ0v) is 13.6. The molecule has 0 aromatic heterocycles. The molecule has 4 heteroatoms. The number of hydrogen-bond donors (Lipinski definition) is 2. The number of hydrogen-bond acceptors (Lipinski definition) is 4. The average Bonchev–Trinajstić information content (AvgIpc) is 2.77. The summed E-state index contributed by atoms with van der Waals surface area (Å²) in [7, 11) is 1.99. The Morgan fingerprint density at radius 3 is 2.75 bits per heavy atom. The number of likely N-dealkylation sites (N-methyl/N-ethyl adjacent to an activating group) is 1. The van der Waals surface area contributed by atoms with Gasteiger partial charge in [-0.25, -0.2) is 0 Å². The van der Waals surface area contributed by atoms with Crippen LogP contribution < -0.4 is 5.32 Å². The molecule has 2 N–H and O–H groups in total. The lowest BCUT2D eigenvalue weighted by Crippen LogP contribution is -2.53. The lowest BCUT2D eigenvalue weighted by molar-refractivity contribution is -0.129. The molecule has 0 spiro atoms. The van der Waals surface area contributed by atoms with Gasteiger partial charge in [0, 0.05) is 18.6 Å². The van der Waals surface area contributed by atoms with E-state index >= 15 is 0 Å². The standard InChI is InChI=1S/C16H32N2O2/c1-13-10-18(11-15(2,3)20-13)9-7-14-6-5-8-16(14,12-19)17-4/h13-14,17,19H,5-12H2,1-4H3. The van der Waals surface area contributed by atoms with Gasteiger partial charge in [0.2, 0.25) is 0 Å². The van der Waals surface area contributed by atoms with E-state index in [4.69, 9.17) is 4.74 Å². The Kier molecular flexibility index (Phi) is 5.11. The van der Waals surface area contributed by atoms with Gasteiger partial charge >= 0.3 is 0 Å². The average molecular weight is 284 g/mol. The highest BCUT2D eigenvalue weighted by Gasteiger charge is 2.41. The molecule has 2 fully saturated rings. The van der Waals surface area contributed by atoms with Crippen LogP contribution in [0, 0.1) is 5.92 Å². The first kappa shape index (κ1) is 16.2. The second kappa shape index (κ2) is 6.30. The smallest absolute Gasteiger partial charge is 0.0757 e. The molecular weight excluding hydrogens is 252 g/mol. The van der Waals surface area contributed by atoms with Crippen LogP contribution in [0.1, 0.15) is 46.5 Å². The van der Waals surface area contributed by atoms with Crippen LogP contribution in [-0.4, -0.2) is 60.5 Å². The van der Waals surface area contributed by atoms with Crippen molar-refractivity contribution in [2.45, 2.75) is 63.7 Å². The van der Waals surface area contributed by atoms with Gasteiger partial charge in [-0.2, -0.15) is 0 Å².